The lowest BCUT2D eigenvalue weighted by atomic mass is 9.80. The van der Waals surface area contributed by atoms with Crippen molar-refractivity contribution in [1.82, 2.24) is 0 Å². The fourth-order valence-electron chi connectivity index (χ4n) is 4.15. The molecule has 0 bridgehead atoms. The lowest BCUT2D eigenvalue weighted by Crippen LogP contribution is -2.48. The first kappa shape index (κ1) is 26.6. The van der Waals surface area contributed by atoms with E-state index in [1.165, 1.54) is 10.5 Å². The van der Waals surface area contributed by atoms with Crippen molar-refractivity contribution >= 4 is 35.2 Å². The molecule has 0 radical (unpaired) electrons. The van der Waals surface area contributed by atoms with Gasteiger partial charge in [-0.3, -0.25) is 0 Å². The van der Waals surface area contributed by atoms with Gasteiger partial charge in [-0.05, 0) is 68.5 Å². The van der Waals surface area contributed by atoms with Crippen molar-refractivity contribution in [2.24, 2.45) is 15.9 Å². The van der Waals surface area contributed by atoms with Gasteiger partial charge < -0.3 is 9.47 Å². The summed E-state index contributed by atoms with van der Waals surface area (Å²) >= 11 is 8.58. The maximum absolute atomic E-state index is 6.86. The minimum Gasteiger partial charge on any atom is -0.480 e. The summed E-state index contributed by atoms with van der Waals surface area (Å²) in [6.07, 6.45) is 1.02. The van der Waals surface area contributed by atoms with Gasteiger partial charge in [-0.25, -0.2) is 9.98 Å². The average Bonchev–Trinajstić information content (AvgIpc) is 2.80. The summed E-state index contributed by atoms with van der Waals surface area (Å²) in [6.45, 7) is 15.7. The average molecular weight is 501 g/mol. The smallest absolute Gasteiger partial charge is 0.213 e. The molecule has 0 saturated carbocycles. The van der Waals surface area contributed by atoms with Crippen LogP contribution in [0.4, 0.5) is 0 Å². The molecule has 0 amide bonds. The Hall–Kier alpha value is -1.98. The topological polar surface area (TPSA) is 43.2 Å². The third-order valence-electron chi connectivity index (χ3n) is 6.31. The van der Waals surface area contributed by atoms with Gasteiger partial charge in [-0.2, -0.15) is 0 Å². The molecule has 34 heavy (non-hydrogen) atoms. The molecule has 184 valence electrons. The van der Waals surface area contributed by atoms with Crippen LogP contribution in [0.3, 0.4) is 0 Å². The van der Waals surface area contributed by atoms with E-state index in [9.17, 15) is 0 Å². The number of aryl methyl sites for hydroxylation is 1. The zero-order valence-electron chi connectivity index (χ0n) is 21.4. The van der Waals surface area contributed by atoms with Crippen LogP contribution >= 0.6 is 23.4 Å². The second-order valence-electron chi connectivity index (χ2n) is 9.09. The van der Waals surface area contributed by atoms with Crippen LogP contribution in [-0.4, -0.2) is 36.6 Å². The van der Waals surface area contributed by atoms with E-state index in [1.807, 2.05) is 19.9 Å². The molecule has 1 heterocycles. The summed E-state index contributed by atoms with van der Waals surface area (Å²) in [5, 5.41) is 0.723. The van der Waals surface area contributed by atoms with Gasteiger partial charge in [0.05, 0.1) is 13.2 Å². The van der Waals surface area contributed by atoms with Gasteiger partial charge in [0.1, 0.15) is 11.6 Å². The summed E-state index contributed by atoms with van der Waals surface area (Å²) in [5.41, 5.74) is 1.64. The van der Waals surface area contributed by atoms with Gasteiger partial charge in [-0.1, -0.05) is 69.3 Å². The quantitative estimate of drug-likeness (QED) is 0.371. The summed E-state index contributed by atoms with van der Waals surface area (Å²) in [4.78, 5) is 12.4. The molecule has 0 aromatic heterocycles. The molecule has 0 fully saturated rings. The van der Waals surface area contributed by atoms with Crippen LogP contribution in [0.2, 0.25) is 5.02 Å². The number of hydrogen-bond donors (Lipinski definition) is 0. The third kappa shape index (κ3) is 5.80. The Morgan fingerprint density at radius 2 is 1.71 bits per heavy atom. The zero-order chi connectivity index (χ0) is 24.9. The molecular weight excluding hydrogens is 464 g/mol. The molecule has 0 saturated heterocycles. The van der Waals surface area contributed by atoms with Crippen molar-refractivity contribution in [3.8, 4) is 0 Å². The first-order valence-corrected chi connectivity index (χ1v) is 13.4. The van der Waals surface area contributed by atoms with Gasteiger partial charge in [0.2, 0.25) is 11.8 Å². The van der Waals surface area contributed by atoms with Gasteiger partial charge >= 0.3 is 0 Å². The lowest BCUT2D eigenvalue weighted by Gasteiger charge is -2.38. The standard InChI is InChI=1S/C28H37ClN2O2S/c1-8-20-12-11-13-21(16-20)34-22-14-15-23(24(29)17-22)19(6)28(7)27(33-10-3)30-25(18(4)5)26(31-28)32-9-2/h11-19,25H,8-10H2,1-7H3/t19?,25-,28+/m0/s1. The van der Waals surface area contributed by atoms with Crippen molar-refractivity contribution < 1.29 is 9.47 Å². The Labute approximate surface area is 214 Å². The highest BCUT2D eigenvalue weighted by Crippen LogP contribution is 2.41. The van der Waals surface area contributed by atoms with E-state index in [1.54, 1.807) is 11.8 Å². The molecule has 4 nitrogen and oxygen atoms in total. The normalized spacial score (nSPS) is 21.1. The predicted octanol–water partition coefficient (Wildman–Crippen LogP) is 7.82. The number of benzene rings is 2. The van der Waals surface area contributed by atoms with Crippen LogP contribution in [0, 0.1) is 5.92 Å². The van der Waals surface area contributed by atoms with Crippen LogP contribution in [0.1, 0.15) is 65.5 Å². The number of halogens is 1. The molecule has 1 aliphatic heterocycles. The zero-order valence-corrected chi connectivity index (χ0v) is 23.0. The number of aliphatic imine (C=N–C) groups is 2. The summed E-state index contributed by atoms with van der Waals surface area (Å²) in [6, 6.07) is 14.8. The first-order valence-electron chi connectivity index (χ1n) is 12.2. The van der Waals surface area contributed by atoms with E-state index in [-0.39, 0.29) is 17.9 Å². The lowest BCUT2D eigenvalue weighted by molar-refractivity contribution is 0.251. The molecule has 3 atom stereocenters. The van der Waals surface area contributed by atoms with E-state index in [0.717, 1.165) is 21.9 Å². The molecule has 0 aliphatic carbocycles. The van der Waals surface area contributed by atoms with Crippen molar-refractivity contribution in [2.75, 3.05) is 13.2 Å². The van der Waals surface area contributed by atoms with Gasteiger partial charge in [0.15, 0.2) is 0 Å². The van der Waals surface area contributed by atoms with Crippen LogP contribution in [0.25, 0.3) is 0 Å². The van der Waals surface area contributed by atoms with Crippen molar-refractivity contribution in [2.45, 2.75) is 82.2 Å². The first-order chi connectivity index (χ1) is 16.2. The minimum absolute atomic E-state index is 0.0589. The molecule has 2 aromatic rings. The Morgan fingerprint density at radius 3 is 2.32 bits per heavy atom. The van der Waals surface area contributed by atoms with E-state index < -0.39 is 5.54 Å². The van der Waals surface area contributed by atoms with Crippen molar-refractivity contribution in [3.63, 3.8) is 0 Å². The molecule has 0 N–H and O–H groups in total. The van der Waals surface area contributed by atoms with Crippen molar-refractivity contribution in [1.29, 1.82) is 0 Å². The monoisotopic (exact) mass is 500 g/mol. The highest BCUT2D eigenvalue weighted by molar-refractivity contribution is 7.99. The van der Waals surface area contributed by atoms with Crippen molar-refractivity contribution in [3.05, 3.63) is 58.6 Å². The highest BCUT2D eigenvalue weighted by atomic mass is 35.5. The number of nitrogens with zero attached hydrogens (tertiary/aromatic N) is 2. The number of rotatable bonds is 8. The van der Waals surface area contributed by atoms with Gasteiger partial charge in [-0.15, -0.1) is 0 Å². The molecule has 2 aromatic carbocycles. The largest absolute Gasteiger partial charge is 0.480 e. The van der Waals surface area contributed by atoms with Crippen LogP contribution in [0.5, 0.6) is 0 Å². The molecular formula is C28H37ClN2O2S. The maximum atomic E-state index is 6.86. The second-order valence-corrected chi connectivity index (χ2v) is 10.6. The van der Waals surface area contributed by atoms with Gasteiger partial charge in [0, 0.05) is 20.7 Å². The molecule has 0 spiro atoms. The van der Waals surface area contributed by atoms with Gasteiger partial charge in [0.25, 0.3) is 0 Å². The third-order valence-corrected chi connectivity index (χ3v) is 7.62. The summed E-state index contributed by atoms with van der Waals surface area (Å²) in [5.74, 6) is 1.52. The number of hydrogen-bond acceptors (Lipinski definition) is 5. The van der Waals surface area contributed by atoms with Crippen LogP contribution in [-0.2, 0) is 15.9 Å². The van der Waals surface area contributed by atoms with E-state index >= 15 is 0 Å². The fraction of sp³-hybridized carbons (Fsp3) is 0.500. The van der Waals surface area contributed by atoms with E-state index in [4.69, 9.17) is 31.1 Å². The molecule has 1 unspecified atom stereocenters. The second kappa shape index (κ2) is 11.6. The van der Waals surface area contributed by atoms with Crippen LogP contribution in [0.15, 0.2) is 62.2 Å². The molecule has 1 aliphatic rings. The fourth-order valence-corrected chi connectivity index (χ4v) is 5.50. The molecule has 3 rings (SSSR count). The van der Waals surface area contributed by atoms with Crippen LogP contribution < -0.4 is 0 Å². The highest BCUT2D eigenvalue weighted by Gasteiger charge is 2.45. The van der Waals surface area contributed by atoms with E-state index in [2.05, 4.69) is 71.0 Å². The SMILES string of the molecule is CCOC1=N[C@](C)(C(C)c2ccc(Sc3cccc(CC)c3)cc2Cl)C(OCC)=N[C@H]1C(C)C. The predicted molar refractivity (Wildman–Crippen MR) is 145 cm³/mol. The maximum Gasteiger partial charge on any atom is 0.213 e. The Morgan fingerprint density at radius 1 is 1.00 bits per heavy atom. The minimum atomic E-state index is -0.709. The van der Waals surface area contributed by atoms with E-state index in [0.29, 0.717) is 25.0 Å². The number of ether oxygens (including phenoxy) is 2. The summed E-state index contributed by atoms with van der Waals surface area (Å²) in [7, 11) is 0. The Bertz CT molecular complexity index is 1050. The Balaban J connectivity index is 1.94. The molecule has 6 heteroatoms. The Kier molecular flexibility index (Phi) is 9.11. The summed E-state index contributed by atoms with van der Waals surface area (Å²) < 4.78 is 12.0.